The largest absolute Gasteiger partial charge is 0.495 e. The SMILES string of the molecule is CCCCCCCCCCCCCCCCCCO[C@H](c1cc(OC)c(C#N)c(OC)c1)C(C)OP(=O)(O)O. The fourth-order valence-electron chi connectivity index (χ4n) is 4.84. The molecule has 0 radical (unpaired) electrons. The molecule has 2 N–H and O–H groups in total. The van der Waals surface area contributed by atoms with Gasteiger partial charge in [0.15, 0.2) is 0 Å². The van der Waals surface area contributed by atoms with Crippen molar-refractivity contribution in [3.05, 3.63) is 23.3 Å². The molecule has 9 heteroatoms. The molecule has 1 aromatic rings. The van der Waals surface area contributed by atoms with Crippen LogP contribution in [-0.4, -0.2) is 36.7 Å². The summed E-state index contributed by atoms with van der Waals surface area (Å²) in [6.45, 7) is 4.23. The lowest BCUT2D eigenvalue weighted by atomic mass is 10.0. The third-order valence-electron chi connectivity index (χ3n) is 6.99. The number of unbranched alkanes of at least 4 members (excludes halogenated alkanes) is 15. The molecule has 1 unspecified atom stereocenters. The molecule has 0 aromatic heterocycles. The molecule has 0 aliphatic carbocycles. The maximum absolute atomic E-state index is 11.5. The summed E-state index contributed by atoms with van der Waals surface area (Å²) in [5, 5.41) is 9.45. The lowest BCUT2D eigenvalue weighted by Gasteiger charge is -2.26. The molecule has 0 aliphatic rings. The number of phosphoric ester groups is 1. The zero-order valence-corrected chi connectivity index (χ0v) is 25.6. The maximum atomic E-state index is 11.5. The second kappa shape index (κ2) is 21.2. The fraction of sp³-hybridized carbons (Fsp3) is 0.767. The van der Waals surface area contributed by atoms with Gasteiger partial charge in [-0.2, -0.15) is 5.26 Å². The van der Waals surface area contributed by atoms with Crippen LogP contribution in [0.3, 0.4) is 0 Å². The topological polar surface area (TPSA) is 118 Å². The Morgan fingerprint density at radius 3 is 1.56 bits per heavy atom. The standard InChI is InChI=1S/C30H52NO7P/c1-5-6-7-8-9-10-11-12-13-14-15-16-17-18-19-20-21-37-30(25(2)38-39(32,33)34)26-22-28(35-3)27(24-31)29(23-26)36-4/h22-23,25,30H,5-21H2,1-4H3,(H2,32,33,34)/t25?,30-/m0/s1. The minimum absolute atomic E-state index is 0.240. The predicted octanol–water partition coefficient (Wildman–Crippen LogP) is 8.39. The van der Waals surface area contributed by atoms with Crippen LogP contribution < -0.4 is 9.47 Å². The molecular formula is C30H52NO7P. The van der Waals surface area contributed by atoms with Crippen molar-refractivity contribution >= 4 is 7.82 Å². The van der Waals surface area contributed by atoms with Gasteiger partial charge in [-0.3, -0.25) is 4.52 Å². The van der Waals surface area contributed by atoms with E-state index in [2.05, 4.69) is 13.0 Å². The van der Waals surface area contributed by atoms with E-state index in [-0.39, 0.29) is 5.56 Å². The number of hydrogen-bond acceptors (Lipinski definition) is 6. The summed E-state index contributed by atoms with van der Waals surface area (Å²) in [6.07, 6.45) is 18.8. The molecule has 0 saturated heterocycles. The highest BCUT2D eigenvalue weighted by atomic mass is 31.2. The molecule has 1 rings (SSSR count). The van der Waals surface area contributed by atoms with Gasteiger partial charge >= 0.3 is 7.82 Å². The van der Waals surface area contributed by atoms with Crippen molar-refractivity contribution in [2.75, 3.05) is 20.8 Å². The van der Waals surface area contributed by atoms with Crippen LogP contribution in [-0.2, 0) is 13.8 Å². The van der Waals surface area contributed by atoms with E-state index in [1.165, 1.54) is 97.7 Å². The Hall–Kier alpha value is -1.62. The first kappa shape index (κ1) is 35.4. The van der Waals surface area contributed by atoms with Gasteiger partial charge in [0.25, 0.3) is 0 Å². The normalized spacial score (nSPS) is 13.2. The smallest absolute Gasteiger partial charge is 0.469 e. The van der Waals surface area contributed by atoms with E-state index in [1.807, 2.05) is 0 Å². The van der Waals surface area contributed by atoms with Gasteiger partial charge in [0.1, 0.15) is 29.2 Å². The average Bonchev–Trinajstić information content (AvgIpc) is 2.90. The predicted molar refractivity (Wildman–Crippen MR) is 155 cm³/mol. The van der Waals surface area contributed by atoms with Gasteiger partial charge in [0, 0.05) is 6.61 Å². The molecule has 0 amide bonds. The average molecular weight is 570 g/mol. The van der Waals surface area contributed by atoms with Gasteiger partial charge in [-0.25, -0.2) is 4.57 Å². The first-order chi connectivity index (χ1) is 18.8. The second-order valence-electron chi connectivity index (χ2n) is 10.3. The number of ether oxygens (including phenoxy) is 3. The third kappa shape index (κ3) is 15.7. The van der Waals surface area contributed by atoms with Crippen LogP contribution in [0.4, 0.5) is 0 Å². The number of nitrogens with zero attached hydrogens (tertiary/aromatic N) is 1. The first-order valence-electron chi connectivity index (χ1n) is 14.8. The van der Waals surface area contributed by atoms with E-state index in [9.17, 15) is 19.6 Å². The number of rotatable bonds is 24. The Balaban J connectivity index is 2.39. The van der Waals surface area contributed by atoms with Crippen molar-refractivity contribution in [1.29, 1.82) is 5.26 Å². The van der Waals surface area contributed by atoms with Crippen LogP contribution in [0.5, 0.6) is 11.5 Å². The number of benzene rings is 1. The van der Waals surface area contributed by atoms with Gasteiger partial charge < -0.3 is 24.0 Å². The maximum Gasteiger partial charge on any atom is 0.469 e. The molecule has 1 aromatic carbocycles. The van der Waals surface area contributed by atoms with Gasteiger partial charge in [-0.1, -0.05) is 103 Å². The van der Waals surface area contributed by atoms with E-state index in [0.29, 0.717) is 23.7 Å². The summed E-state index contributed by atoms with van der Waals surface area (Å²) in [5.74, 6) is 0.595. The molecule has 224 valence electrons. The highest BCUT2D eigenvalue weighted by Crippen LogP contribution is 2.42. The summed E-state index contributed by atoms with van der Waals surface area (Å²) in [7, 11) is -1.83. The molecule has 8 nitrogen and oxygen atoms in total. The van der Waals surface area contributed by atoms with Crippen molar-refractivity contribution in [2.24, 2.45) is 0 Å². The van der Waals surface area contributed by atoms with Gasteiger partial charge in [-0.05, 0) is 31.0 Å². The van der Waals surface area contributed by atoms with Crippen LogP contribution in [0.15, 0.2) is 12.1 Å². The quantitative estimate of drug-likeness (QED) is 0.0941. The van der Waals surface area contributed by atoms with Crippen LogP contribution in [0.2, 0.25) is 0 Å². The van der Waals surface area contributed by atoms with Crippen LogP contribution >= 0.6 is 7.82 Å². The summed E-state index contributed by atoms with van der Waals surface area (Å²) < 4.78 is 33.2. The van der Waals surface area contributed by atoms with E-state index < -0.39 is 20.0 Å². The number of hydrogen-bond donors (Lipinski definition) is 2. The van der Waals surface area contributed by atoms with E-state index in [1.54, 1.807) is 19.1 Å². The Bertz CT molecular complexity index is 842. The van der Waals surface area contributed by atoms with Crippen molar-refractivity contribution in [3.8, 4) is 17.6 Å². The summed E-state index contributed by atoms with van der Waals surface area (Å²) >= 11 is 0. The summed E-state index contributed by atoms with van der Waals surface area (Å²) in [6, 6.07) is 5.30. The number of methoxy groups -OCH3 is 2. The second-order valence-corrected chi connectivity index (χ2v) is 11.5. The molecule has 0 spiro atoms. The minimum Gasteiger partial charge on any atom is -0.495 e. The Morgan fingerprint density at radius 2 is 1.21 bits per heavy atom. The zero-order valence-electron chi connectivity index (χ0n) is 24.7. The Kier molecular flexibility index (Phi) is 19.2. The van der Waals surface area contributed by atoms with Crippen LogP contribution in [0.25, 0.3) is 0 Å². The third-order valence-corrected chi connectivity index (χ3v) is 7.60. The highest BCUT2D eigenvalue weighted by Gasteiger charge is 2.29. The number of phosphoric acid groups is 1. The molecule has 2 atom stereocenters. The molecule has 0 fully saturated rings. The van der Waals surface area contributed by atoms with Gasteiger partial charge in [-0.15, -0.1) is 0 Å². The fourth-order valence-corrected chi connectivity index (χ4v) is 5.39. The highest BCUT2D eigenvalue weighted by molar-refractivity contribution is 7.46. The van der Waals surface area contributed by atoms with Crippen LogP contribution in [0, 0.1) is 11.3 Å². The lowest BCUT2D eigenvalue weighted by molar-refractivity contribution is -0.0315. The summed E-state index contributed by atoms with van der Waals surface area (Å²) in [5.41, 5.74) is 0.795. The van der Waals surface area contributed by atoms with E-state index in [4.69, 9.17) is 18.7 Å². The molecule has 0 heterocycles. The molecule has 0 aliphatic heterocycles. The Morgan fingerprint density at radius 1 is 0.795 bits per heavy atom. The minimum atomic E-state index is -4.72. The first-order valence-corrected chi connectivity index (χ1v) is 16.3. The molecular weight excluding hydrogens is 517 g/mol. The molecule has 0 bridgehead atoms. The molecule has 39 heavy (non-hydrogen) atoms. The van der Waals surface area contributed by atoms with Crippen molar-refractivity contribution < 1.29 is 33.1 Å². The van der Waals surface area contributed by atoms with E-state index >= 15 is 0 Å². The van der Waals surface area contributed by atoms with Gasteiger partial charge in [0.05, 0.1) is 20.3 Å². The number of nitriles is 1. The van der Waals surface area contributed by atoms with Crippen molar-refractivity contribution in [2.45, 2.75) is 129 Å². The monoisotopic (exact) mass is 569 g/mol. The zero-order chi connectivity index (χ0) is 28.9. The van der Waals surface area contributed by atoms with E-state index in [0.717, 1.165) is 19.3 Å². The molecule has 0 saturated carbocycles. The van der Waals surface area contributed by atoms with Gasteiger partial charge in [0.2, 0.25) is 0 Å². The summed E-state index contributed by atoms with van der Waals surface area (Å²) in [4.78, 5) is 18.7. The lowest BCUT2D eigenvalue weighted by Crippen LogP contribution is -2.22. The Labute approximate surface area is 236 Å². The van der Waals surface area contributed by atoms with Crippen molar-refractivity contribution in [1.82, 2.24) is 0 Å². The van der Waals surface area contributed by atoms with Crippen LogP contribution in [0.1, 0.15) is 134 Å². The van der Waals surface area contributed by atoms with Crippen molar-refractivity contribution in [3.63, 3.8) is 0 Å².